The van der Waals surface area contributed by atoms with Crippen molar-refractivity contribution in [3.63, 3.8) is 0 Å². The third-order valence-corrected chi connectivity index (χ3v) is 3.74. The molecule has 3 rings (SSSR count). The summed E-state index contributed by atoms with van der Waals surface area (Å²) in [6.45, 7) is 3.74. The van der Waals surface area contributed by atoms with Crippen molar-refractivity contribution in [2.24, 2.45) is 0 Å². The van der Waals surface area contributed by atoms with Crippen molar-refractivity contribution in [1.29, 1.82) is 5.26 Å². The highest BCUT2D eigenvalue weighted by molar-refractivity contribution is 5.54. The summed E-state index contributed by atoms with van der Waals surface area (Å²) in [7, 11) is 0. The maximum Gasteiger partial charge on any atom is 0.128 e. The molecule has 6 heteroatoms. The van der Waals surface area contributed by atoms with Crippen molar-refractivity contribution in [3.05, 3.63) is 48.2 Å². The van der Waals surface area contributed by atoms with Gasteiger partial charge in [0, 0.05) is 43.8 Å². The van der Waals surface area contributed by atoms with E-state index in [-0.39, 0.29) is 6.15 Å². The summed E-state index contributed by atoms with van der Waals surface area (Å²) in [5, 5.41) is 8.80. The predicted octanol–water partition coefficient (Wildman–Crippen LogP) is 2.02. The lowest BCUT2D eigenvalue weighted by atomic mass is 10.2. The fraction of sp³-hybridized carbons (Fsp3) is 0.250. The second-order valence-electron chi connectivity index (χ2n) is 5.08. The summed E-state index contributed by atoms with van der Waals surface area (Å²) >= 11 is 0. The third kappa shape index (κ3) is 3.27. The van der Waals surface area contributed by atoms with Gasteiger partial charge in [0.25, 0.3) is 0 Å². The topological polar surface area (TPSA) is 104 Å². The van der Waals surface area contributed by atoms with Crippen LogP contribution in [0.15, 0.2) is 42.6 Å². The van der Waals surface area contributed by atoms with Gasteiger partial charge in [-0.05, 0) is 36.4 Å². The fourth-order valence-corrected chi connectivity index (χ4v) is 2.52. The number of aromatic nitrogens is 1. The van der Waals surface area contributed by atoms with Gasteiger partial charge in [0.15, 0.2) is 0 Å². The first-order valence-electron chi connectivity index (χ1n) is 6.98. The molecular formula is C16H20N6. The minimum atomic E-state index is 0. The SMILES string of the molecule is N.N#Cc1ccc(N2CCN(c3ccc(N)cc3)CC2)nc1. The molecule has 1 aromatic carbocycles. The van der Waals surface area contributed by atoms with Crippen LogP contribution in [0, 0.1) is 11.3 Å². The van der Waals surface area contributed by atoms with Crippen LogP contribution in [0.5, 0.6) is 0 Å². The van der Waals surface area contributed by atoms with Crippen LogP contribution in [0.3, 0.4) is 0 Å². The molecule has 0 atom stereocenters. The minimum absolute atomic E-state index is 0. The zero-order valence-corrected chi connectivity index (χ0v) is 12.4. The van der Waals surface area contributed by atoms with E-state index in [2.05, 4.69) is 33.0 Å². The van der Waals surface area contributed by atoms with E-state index >= 15 is 0 Å². The summed E-state index contributed by atoms with van der Waals surface area (Å²) in [6, 6.07) is 13.8. The Morgan fingerprint density at radius 1 is 0.955 bits per heavy atom. The van der Waals surface area contributed by atoms with E-state index in [1.54, 1.807) is 6.20 Å². The Labute approximate surface area is 130 Å². The fourth-order valence-electron chi connectivity index (χ4n) is 2.52. The monoisotopic (exact) mass is 296 g/mol. The van der Waals surface area contributed by atoms with Gasteiger partial charge in [0.2, 0.25) is 0 Å². The normalized spacial score (nSPS) is 14.1. The molecule has 0 saturated carbocycles. The van der Waals surface area contributed by atoms with Gasteiger partial charge in [-0.15, -0.1) is 0 Å². The number of anilines is 3. The third-order valence-electron chi connectivity index (χ3n) is 3.74. The van der Waals surface area contributed by atoms with Gasteiger partial charge < -0.3 is 21.7 Å². The zero-order chi connectivity index (χ0) is 14.7. The Morgan fingerprint density at radius 2 is 1.59 bits per heavy atom. The van der Waals surface area contributed by atoms with Crippen molar-refractivity contribution in [2.45, 2.75) is 0 Å². The lowest BCUT2D eigenvalue weighted by Gasteiger charge is -2.36. The lowest BCUT2D eigenvalue weighted by molar-refractivity contribution is 0.647. The smallest absolute Gasteiger partial charge is 0.128 e. The average Bonchev–Trinajstić information content (AvgIpc) is 2.56. The molecule has 0 aliphatic carbocycles. The first kappa shape index (κ1) is 15.6. The maximum atomic E-state index is 8.80. The molecule has 0 amide bonds. The number of nitrogens with zero attached hydrogens (tertiary/aromatic N) is 4. The molecule has 2 aromatic rings. The van der Waals surface area contributed by atoms with Gasteiger partial charge >= 0.3 is 0 Å². The summed E-state index contributed by atoms with van der Waals surface area (Å²) in [6.07, 6.45) is 1.63. The van der Waals surface area contributed by atoms with E-state index in [1.807, 2.05) is 24.3 Å². The molecule has 2 heterocycles. The number of pyridine rings is 1. The quantitative estimate of drug-likeness (QED) is 0.822. The van der Waals surface area contributed by atoms with Crippen molar-refractivity contribution in [2.75, 3.05) is 41.7 Å². The van der Waals surface area contributed by atoms with Crippen LogP contribution in [0.1, 0.15) is 5.56 Å². The molecule has 0 radical (unpaired) electrons. The first-order chi connectivity index (χ1) is 10.3. The molecule has 0 unspecified atom stereocenters. The number of piperazine rings is 1. The Morgan fingerprint density at radius 3 is 2.14 bits per heavy atom. The highest BCUT2D eigenvalue weighted by atomic mass is 15.3. The van der Waals surface area contributed by atoms with E-state index in [0.717, 1.165) is 37.7 Å². The lowest BCUT2D eigenvalue weighted by Crippen LogP contribution is -2.46. The average molecular weight is 296 g/mol. The van der Waals surface area contributed by atoms with Crippen LogP contribution in [0.4, 0.5) is 17.2 Å². The van der Waals surface area contributed by atoms with Crippen molar-refractivity contribution in [1.82, 2.24) is 11.1 Å². The van der Waals surface area contributed by atoms with Gasteiger partial charge in [0.1, 0.15) is 11.9 Å². The van der Waals surface area contributed by atoms with Crippen LogP contribution in [0.2, 0.25) is 0 Å². The van der Waals surface area contributed by atoms with Gasteiger partial charge in [-0.3, -0.25) is 0 Å². The molecule has 114 valence electrons. The van der Waals surface area contributed by atoms with E-state index in [4.69, 9.17) is 11.0 Å². The highest BCUT2D eigenvalue weighted by Gasteiger charge is 2.18. The number of benzene rings is 1. The van der Waals surface area contributed by atoms with E-state index in [9.17, 15) is 0 Å². The molecular weight excluding hydrogens is 276 g/mol. The van der Waals surface area contributed by atoms with Crippen LogP contribution in [-0.2, 0) is 0 Å². The van der Waals surface area contributed by atoms with Crippen LogP contribution in [-0.4, -0.2) is 31.2 Å². The molecule has 6 nitrogen and oxygen atoms in total. The number of nitrogens with two attached hydrogens (primary N) is 1. The number of nitrogen functional groups attached to an aromatic ring is 1. The first-order valence-corrected chi connectivity index (χ1v) is 6.98. The summed E-state index contributed by atoms with van der Waals surface area (Å²) in [5.41, 5.74) is 8.31. The molecule has 1 saturated heterocycles. The molecule has 0 bridgehead atoms. The van der Waals surface area contributed by atoms with E-state index in [1.165, 1.54) is 5.69 Å². The summed E-state index contributed by atoms with van der Waals surface area (Å²) in [5.74, 6) is 0.936. The number of hydrogen-bond acceptors (Lipinski definition) is 6. The number of rotatable bonds is 2. The Hall–Kier alpha value is -2.78. The maximum absolute atomic E-state index is 8.80. The molecule has 22 heavy (non-hydrogen) atoms. The van der Waals surface area contributed by atoms with Crippen LogP contribution < -0.4 is 21.7 Å². The number of nitriles is 1. The van der Waals surface area contributed by atoms with Gasteiger partial charge in [0.05, 0.1) is 5.56 Å². The molecule has 5 N–H and O–H groups in total. The largest absolute Gasteiger partial charge is 0.399 e. The predicted molar refractivity (Wildman–Crippen MR) is 89.3 cm³/mol. The highest BCUT2D eigenvalue weighted by Crippen LogP contribution is 2.20. The van der Waals surface area contributed by atoms with Gasteiger partial charge in [-0.2, -0.15) is 5.26 Å². The van der Waals surface area contributed by atoms with Crippen LogP contribution in [0.25, 0.3) is 0 Å². The standard InChI is InChI=1S/C16H17N5.H3N/c17-11-13-1-6-16(19-12-13)21-9-7-20(8-10-21)15-4-2-14(18)3-5-15;/h1-6,12H,7-10,18H2;1H3. The van der Waals surface area contributed by atoms with E-state index in [0.29, 0.717) is 5.56 Å². The number of hydrogen-bond donors (Lipinski definition) is 2. The summed E-state index contributed by atoms with van der Waals surface area (Å²) < 4.78 is 0. The van der Waals surface area contributed by atoms with E-state index < -0.39 is 0 Å². The summed E-state index contributed by atoms with van der Waals surface area (Å²) in [4.78, 5) is 8.94. The second kappa shape index (κ2) is 6.78. The van der Waals surface area contributed by atoms with Crippen molar-refractivity contribution in [3.8, 4) is 6.07 Å². The second-order valence-corrected chi connectivity index (χ2v) is 5.08. The van der Waals surface area contributed by atoms with Gasteiger partial charge in [-0.1, -0.05) is 0 Å². The molecule has 1 aliphatic rings. The Bertz CT molecular complexity index is 636. The van der Waals surface area contributed by atoms with Crippen molar-refractivity contribution >= 4 is 17.2 Å². The minimum Gasteiger partial charge on any atom is -0.399 e. The molecule has 1 fully saturated rings. The van der Waals surface area contributed by atoms with Crippen LogP contribution >= 0.6 is 0 Å². The molecule has 0 spiro atoms. The van der Waals surface area contributed by atoms with Gasteiger partial charge in [-0.25, -0.2) is 4.98 Å². The van der Waals surface area contributed by atoms with Crippen molar-refractivity contribution < 1.29 is 0 Å². The molecule has 1 aromatic heterocycles. The molecule has 1 aliphatic heterocycles. The Kier molecular flexibility index (Phi) is 4.81. The zero-order valence-electron chi connectivity index (χ0n) is 12.4. The Balaban J connectivity index is 0.00000176.